The Morgan fingerprint density at radius 3 is 2.42 bits per heavy atom. The summed E-state index contributed by atoms with van der Waals surface area (Å²) in [4.78, 5) is 22.7. The number of carbonyl (C=O) groups excluding carboxylic acids is 1. The first-order valence-corrected chi connectivity index (χ1v) is 6.06. The topological polar surface area (TPSA) is 75.6 Å². The lowest BCUT2D eigenvalue weighted by molar-refractivity contribution is -0.147. The van der Waals surface area contributed by atoms with Crippen molar-refractivity contribution < 1.29 is 19.4 Å². The van der Waals surface area contributed by atoms with Gasteiger partial charge in [0.2, 0.25) is 0 Å². The minimum atomic E-state index is -0.998. The van der Waals surface area contributed by atoms with Crippen LogP contribution in [0.3, 0.4) is 0 Å². The van der Waals surface area contributed by atoms with Crippen LogP contribution in [0.4, 0.5) is 0 Å². The summed E-state index contributed by atoms with van der Waals surface area (Å²) >= 11 is 0. The fourth-order valence-corrected chi connectivity index (χ4v) is 1.28. The van der Waals surface area contributed by atoms with Crippen molar-refractivity contribution in [2.45, 2.75) is 26.9 Å². The number of ether oxygens (including phenoxy) is 1. The van der Waals surface area contributed by atoms with Crippen molar-refractivity contribution in [3.05, 3.63) is 30.3 Å². The first kappa shape index (κ1) is 15.0. The number of carbonyl (C=O) groups is 2. The number of hydrogen-bond donors (Lipinski definition) is 2. The molecule has 1 amide bonds. The Hall–Kier alpha value is -2.04. The average Bonchev–Trinajstić information content (AvgIpc) is 2.37. The number of amides is 1. The van der Waals surface area contributed by atoms with Crippen LogP contribution in [-0.4, -0.2) is 29.6 Å². The molecule has 104 valence electrons. The van der Waals surface area contributed by atoms with Crippen molar-refractivity contribution in [1.29, 1.82) is 0 Å². The highest BCUT2D eigenvalue weighted by Gasteiger charge is 2.28. The number of aliphatic carboxylic acids is 1. The predicted octanol–water partition coefficient (Wildman–Crippen LogP) is 1.68. The number of nitrogens with one attached hydrogen (secondary N) is 1. The fraction of sp³-hybridized carbons (Fsp3) is 0.429. The van der Waals surface area contributed by atoms with E-state index in [1.54, 1.807) is 32.9 Å². The molecule has 0 heterocycles. The Morgan fingerprint density at radius 1 is 1.32 bits per heavy atom. The van der Waals surface area contributed by atoms with Crippen molar-refractivity contribution in [2.24, 2.45) is 5.41 Å². The zero-order valence-corrected chi connectivity index (χ0v) is 11.3. The lowest BCUT2D eigenvalue weighted by Crippen LogP contribution is -2.43. The van der Waals surface area contributed by atoms with E-state index in [2.05, 4.69) is 5.32 Å². The summed E-state index contributed by atoms with van der Waals surface area (Å²) in [6.07, 6.45) is -0.674. The molecule has 0 aromatic heterocycles. The molecular weight excluding hydrogens is 246 g/mol. The van der Waals surface area contributed by atoms with Crippen LogP contribution < -0.4 is 10.1 Å². The monoisotopic (exact) mass is 265 g/mol. The third kappa shape index (κ3) is 4.62. The molecule has 0 radical (unpaired) electrons. The summed E-state index contributed by atoms with van der Waals surface area (Å²) in [5, 5.41) is 11.5. The summed E-state index contributed by atoms with van der Waals surface area (Å²) in [6.45, 7) is 4.79. The Kier molecular flexibility index (Phi) is 4.92. The highest BCUT2D eigenvalue weighted by atomic mass is 16.5. The van der Waals surface area contributed by atoms with Gasteiger partial charge in [0.15, 0.2) is 6.10 Å². The number of hydrogen-bond acceptors (Lipinski definition) is 3. The van der Waals surface area contributed by atoms with Crippen molar-refractivity contribution in [1.82, 2.24) is 5.32 Å². The molecule has 1 aromatic carbocycles. The highest BCUT2D eigenvalue weighted by Crippen LogP contribution is 2.14. The van der Waals surface area contributed by atoms with Gasteiger partial charge in [0, 0.05) is 6.54 Å². The lowest BCUT2D eigenvalue weighted by Gasteiger charge is -2.21. The summed E-state index contributed by atoms with van der Waals surface area (Å²) < 4.78 is 5.44. The molecule has 0 bridgehead atoms. The molecule has 0 fully saturated rings. The first-order valence-electron chi connectivity index (χ1n) is 6.06. The van der Waals surface area contributed by atoms with Crippen LogP contribution in [0.5, 0.6) is 5.75 Å². The van der Waals surface area contributed by atoms with Gasteiger partial charge in [0.1, 0.15) is 5.75 Å². The van der Waals surface area contributed by atoms with E-state index in [1.165, 1.54) is 0 Å². The quantitative estimate of drug-likeness (QED) is 0.820. The van der Waals surface area contributed by atoms with E-state index >= 15 is 0 Å². The van der Waals surface area contributed by atoms with Crippen LogP contribution in [0.2, 0.25) is 0 Å². The van der Waals surface area contributed by atoms with Crippen LogP contribution in [0.15, 0.2) is 30.3 Å². The van der Waals surface area contributed by atoms with Crippen molar-refractivity contribution in [3.8, 4) is 5.75 Å². The molecule has 0 aliphatic carbocycles. The minimum Gasteiger partial charge on any atom is -0.481 e. The van der Waals surface area contributed by atoms with Crippen LogP contribution in [-0.2, 0) is 9.59 Å². The van der Waals surface area contributed by atoms with Gasteiger partial charge in [0.05, 0.1) is 5.41 Å². The first-order chi connectivity index (χ1) is 8.83. The molecular formula is C14H19NO4. The van der Waals surface area contributed by atoms with Gasteiger partial charge in [-0.2, -0.15) is 0 Å². The molecule has 5 nitrogen and oxygen atoms in total. The maximum atomic E-state index is 11.8. The molecule has 19 heavy (non-hydrogen) atoms. The summed E-state index contributed by atoms with van der Waals surface area (Å²) in [6, 6.07) is 8.99. The van der Waals surface area contributed by atoms with Crippen molar-refractivity contribution in [3.63, 3.8) is 0 Å². The van der Waals surface area contributed by atoms with Gasteiger partial charge in [0.25, 0.3) is 5.91 Å². The average molecular weight is 265 g/mol. The van der Waals surface area contributed by atoms with E-state index in [-0.39, 0.29) is 12.5 Å². The lowest BCUT2D eigenvalue weighted by atomic mass is 9.94. The Bertz CT molecular complexity index is 442. The van der Waals surface area contributed by atoms with Crippen LogP contribution in [0.1, 0.15) is 20.8 Å². The second kappa shape index (κ2) is 6.22. The van der Waals surface area contributed by atoms with E-state index < -0.39 is 17.5 Å². The summed E-state index contributed by atoms with van der Waals surface area (Å²) in [5.41, 5.74) is -0.998. The zero-order chi connectivity index (χ0) is 14.5. The van der Waals surface area contributed by atoms with Gasteiger partial charge >= 0.3 is 5.97 Å². The summed E-state index contributed by atoms with van der Waals surface area (Å²) in [5.74, 6) is -0.690. The molecule has 0 saturated carbocycles. The van der Waals surface area contributed by atoms with Gasteiger partial charge in [-0.05, 0) is 32.9 Å². The molecule has 1 atom stereocenters. The van der Waals surface area contributed by atoms with E-state index in [0.717, 1.165) is 0 Å². The third-order valence-corrected chi connectivity index (χ3v) is 2.71. The van der Waals surface area contributed by atoms with Crippen molar-refractivity contribution in [2.75, 3.05) is 6.54 Å². The Labute approximate surface area is 112 Å². The predicted molar refractivity (Wildman–Crippen MR) is 71.0 cm³/mol. The van der Waals surface area contributed by atoms with E-state index in [9.17, 15) is 9.59 Å². The molecule has 5 heteroatoms. The third-order valence-electron chi connectivity index (χ3n) is 2.71. The number of benzene rings is 1. The van der Waals surface area contributed by atoms with Crippen LogP contribution >= 0.6 is 0 Å². The van der Waals surface area contributed by atoms with Gasteiger partial charge in [-0.15, -0.1) is 0 Å². The Balaban J connectivity index is 2.48. The fourth-order valence-electron chi connectivity index (χ4n) is 1.28. The second-order valence-electron chi connectivity index (χ2n) is 4.98. The van der Waals surface area contributed by atoms with E-state index in [1.807, 2.05) is 18.2 Å². The molecule has 0 saturated heterocycles. The second-order valence-corrected chi connectivity index (χ2v) is 4.98. The molecule has 0 aliphatic rings. The molecule has 1 unspecified atom stereocenters. The molecule has 0 spiro atoms. The zero-order valence-electron chi connectivity index (χ0n) is 11.3. The smallest absolute Gasteiger partial charge is 0.310 e. The van der Waals surface area contributed by atoms with Gasteiger partial charge in [-0.25, -0.2) is 0 Å². The number of rotatable bonds is 6. The van der Waals surface area contributed by atoms with Gasteiger partial charge < -0.3 is 15.2 Å². The maximum absolute atomic E-state index is 11.8. The maximum Gasteiger partial charge on any atom is 0.310 e. The van der Waals surface area contributed by atoms with E-state index in [4.69, 9.17) is 9.84 Å². The van der Waals surface area contributed by atoms with Crippen LogP contribution in [0, 0.1) is 5.41 Å². The molecule has 0 aliphatic heterocycles. The standard InChI is InChI=1S/C14H19NO4/c1-10(19-11-7-5-4-6-8-11)12(16)15-9-14(2,3)13(17)18/h4-8,10H,9H2,1-3H3,(H,15,16)(H,17,18). The molecule has 1 rings (SSSR count). The SMILES string of the molecule is CC(Oc1ccccc1)C(=O)NCC(C)(C)C(=O)O. The van der Waals surface area contributed by atoms with Crippen molar-refractivity contribution >= 4 is 11.9 Å². The van der Waals surface area contributed by atoms with E-state index in [0.29, 0.717) is 5.75 Å². The number of para-hydroxylation sites is 1. The minimum absolute atomic E-state index is 0.0592. The highest BCUT2D eigenvalue weighted by molar-refractivity contribution is 5.82. The van der Waals surface area contributed by atoms with Gasteiger partial charge in [-0.3, -0.25) is 9.59 Å². The van der Waals surface area contributed by atoms with Gasteiger partial charge in [-0.1, -0.05) is 18.2 Å². The normalized spacial score (nSPS) is 12.6. The summed E-state index contributed by atoms with van der Waals surface area (Å²) in [7, 11) is 0. The number of carboxylic acids is 1. The van der Waals surface area contributed by atoms with Crippen LogP contribution in [0.25, 0.3) is 0 Å². The molecule has 1 aromatic rings. The number of carboxylic acid groups (broad SMARTS) is 1. The Morgan fingerprint density at radius 2 is 1.89 bits per heavy atom. The largest absolute Gasteiger partial charge is 0.481 e. The molecule has 2 N–H and O–H groups in total.